The van der Waals surface area contributed by atoms with Gasteiger partial charge in [0.05, 0.1) is 5.52 Å². The van der Waals surface area contributed by atoms with Crippen LogP contribution in [0.25, 0.3) is 10.9 Å². The molecule has 3 aromatic rings. The van der Waals surface area contributed by atoms with Crippen LogP contribution in [-0.4, -0.2) is 35.1 Å². The largest absolute Gasteiger partial charge is 0.493 e. The van der Waals surface area contributed by atoms with Gasteiger partial charge in [-0.1, -0.05) is 28.1 Å². The molecule has 1 aromatic heterocycles. The molecule has 0 aliphatic carbocycles. The number of aromatic hydroxyl groups is 1. The van der Waals surface area contributed by atoms with Gasteiger partial charge in [-0.2, -0.15) is 0 Å². The van der Waals surface area contributed by atoms with Gasteiger partial charge in [0.2, 0.25) is 5.88 Å². The highest BCUT2D eigenvalue weighted by atomic mass is 79.9. The first-order valence-corrected chi connectivity index (χ1v) is 10.0. The van der Waals surface area contributed by atoms with E-state index in [1.807, 2.05) is 19.1 Å². The van der Waals surface area contributed by atoms with Crippen LogP contribution in [0.4, 0.5) is 5.69 Å². The fourth-order valence-corrected chi connectivity index (χ4v) is 3.84. The number of nitrogens with zero attached hydrogens (tertiary/aromatic N) is 2. The number of ether oxygens (including phenoxy) is 1. The Hall–Kier alpha value is -2.72. The quantitative estimate of drug-likeness (QED) is 0.412. The molecule has 0 bridgehead atoms. The Morgan fingerprint density at radius 1 is 1.24 bits per heavy atom. The van der Waals surface area contributed by atoms with Crippen molar-refractivity contribution in [1.82, 2.24) is 10.3 Å². The smallest absolute Gasteiger partial charge is 0.283 e. The molecule has 10 heteroatoms. The van der Waals surface area contributed by atoms with Gasteiger partial charge in [-0.25, -0.2) is 0 Å². The van der Waals surface area contributed by atoms with Gasteiger partial charge in [-0.15, -0.1) is 10.2 Å². The summed E-state index contributed by atoms with van der Waals surface area (Å²) in [5.41, 5.74) is 1.76. The van der Waals surface area contributed by atoms with Crippen LogP contribution in [0.15, 0.2) is 55.6 Å². The number of aromatic nitrogens is 1. The molecule has 0 aliphatic rings. The molecule has 0 unspecified atom stereocenters. The first-order chi connectivity index (χ1) is 13.8. The van der Waals surface area contributed by atoms with Crippen molar-refractivity contribution in [3.05, 3.63) is 50.9 Å². The Morgan fingerprint density at radius 2 is 2.03 bits per heavy atom. The molecule has 2 amide bonds. The minimum Gasteiger partial charge on any atom is -0.493 e. The predicted octanol–water partition coefficient (Wildman–Crippen LogP) is 4.51. The topological polar surface area (TPSA) is 116 Å². The van der Waals surface area contributed by atoms with E-state index in [4.69, 9.17) is 4.74 Å². The average Bonchev–Trinajstić information content (AvgIpc) is 2.98. The Kier molecular flexibility index (Phi) is 6.65. The highest BCUT2D eigenvalue weighted by Crippen LogP contribution is 2.40. The van der Waals surface area contributed by atoms with Crippen molar-refractivity contribution < 1.29 is 19.4 Å². The van der Waals surface area contributed by atoms with Gasteiger partial charge in [-0.3, -0.25) is 9.59 Å². The molecule has 8 nitrogen and oxygen atoms in total. The number of hydrogen-bond acceptors (Lipinski definition) is 5. The van der Waals surface area contributed by atoms with Crippen LogP contribution < -0.4 is 10.1 Å². The maximum atomic E-state index is 11.9. The fraction of sp³-hybridized carbons (Fsp3) is 0.158. The van der Waals surface area contributed by atoms with E-state index in [0.717, 1.165) is 10.0 Å². The molecule has 150 valence electrons. The minimum absolute atomic E-state index is 0.129. The molecule has 3 N–H and O–H groups in total. The highest BCUT2D eigenvalue weighted by molar-refractivity contribution is 9.11. The molecule has 1 heterocycles. The number of carbonyl (C=O) groups excluding carboxylic acids is 2. The molecule has 0 saturated carbocycles. The van der Waals surface area contributed by atoms with E-state index in [1.165, 1.54) is 0 Å². The molecule has 0 atom stereocenters. The van der Waals surface area contributed by atoms with Gasteiger partial charge in [0.15, 0.2) is 12.3 Å². The molecule has 3 rings (SSSR count). The normalized spacial score (nSPS) is 11.1. The van der Waals surface area contributed by atoms with E-state index in [9.17, 15) is 14.7 Å². The average molecular weight is 524 g/mol. The number of halogens is 2. The van der Waals surface area contributed by atoms with Gasteiger partial charge in [0, 0.05) is 14.3 Å². The van der Waals surface area contributed by atoms with Crippen LogP contribution in [0.5, 0.6) is 11.6 Å². The second-order valence-electron chi connectivity index (χ2n) is 6.11. The second kappa shape index (κ2) is 9.19. The van der Waals surface area contributed by atoms with Crippen LogP contribution in [0, 0.1) is 6.92 Å². The van der Waals surface area contributed by atoms with Crippen molar-refractivity contribution in [2.24, 2.45) is 10.2 Å². The van der Waals surface area contributed by atoms with Crippen LogP contribution in [0.2, 0.25) is 0 Å². The van der Waals surface area contributed by atoms with Crippen LogP contribution >= 0.6 is 31.9 Å². The van der Waals surface area contributed by atoms with Crippen molar-refractivity contribution in [2.75, 3.05) is 13.2 Å². The maximum absolute atomic E-state index is 11.9. The summed E-state index contributed by atoms with van der Waals surface area (Å²) in [4.78, 5) is 26.5. The Morgan fingerprint density at radius 3 is 2.79 bits per heavy atom. The van der Waals surface area contributed by atoms with Crippen molar-refractivity contribution in [3.8, 4) is 11.6 Å². The van der Waals surface area contributed by atoms with Crippen molar-refractivity contribution in [2.45, 2.75) is 6.92 Å². The Balaban J connectivity index is 1.57. The number of azo groups is 1. The third-order valence-corrected chi connectivity index (χ3v) is 4.92. The summed E-state index contributed by atoms with van der Waals surface area (Å²) in [5.74, 6) is -0.779. The van der Waals surface area contributed by atoms with Crippen LogP contribution in [0.3, 0.4) is 0 Å². The van der Waals surface area contributed by atoms with Gasteiger partial charge in [-0.05, 0) is 52.7 Å². The number of amides is 2. The Bertz CT molecular complexity index is 1110. The molecule has 0 radical (unpaired) electrons. The summed E-state index contributed by atoms with van der Waals surface area (Å²) >= 11 is 6.74. The summed E-state index contributed by atoms with van der Waals surface area (Å²) in [6.07, 6.45) is 0. The summed E-state index contributed by atoms with van der Waals surface area (Å²) in [6.45, 7) is 1.36. The summed E-state index contributed by atoms with van der Waals surface area (Å²) in [6, 6.07) is 10.8. The second-order valence-corrected chi connectivity index (χ2v) is 7.88. The lowest BCUT2D eigenvalue weighted by Gasteiger charge is -2.06. The third-order valence-electron chi connectivity index (χ3n) is 3.84. The number of carbonyl (C=O) groups is 2. The lowest BCUT2D eigenvalue weighted by Crippen LogP contribution is -2.32. The zero-order valence-corrected chi connectivity index (χ0v) is 18.4. The van der Waals surface area contributed by atoms with E-state index in [1.54, 1.807) is 24.3 Å². The van der Waals surface area contributed by atoms with Gasteiger partial charge >= 0.3 is 0 Å². The number of hydrogen-bond donors (Lipinski definition) is 3. The molecule has 0 fully saturated rings. The molecule has 0 saturated heterocycles. The minimum atomic E-state index is -0.670. The lowest BCUT2D eigenvalue weighted by atomic mass is 10.2. The number of nitrogens with one attached hydrogen (secondary N) is 2. The first kappa shape index (κ1) is 21.0. The van der Waals surface area contributed by atoms with Crippen molar-refractivity contribution >= 4 is 60.3 Å². The zero-order chi connectivity index (χ0) is 21.0. The Labute approximate surface area is 182 Å². The molecule has 29 heavy (non-hydrogen) atoms. The number of aryl methyl sites for hydroxylation is 1. The van der Waals surface area contributed by atoms with E-state index < -0.39 is 11.8 Å². The predicted molar refractivity (Wildman–Crippen MR) is 115 cm³/mol. The maximum Gasteiger partial charge on any atom is 0.283 e. The summed E-state index contributed by atoms with van der Waals surface area (Å²) in [7, 11) is 0. The van der Waals surface area contributed by atoms with Crippen molar-refractivity contribution in [3.63, 3.8) is 0 Å². The van der Waals surface area contributed by atoms with Gasteiger partial charge in [0.25, 0.3) is 11.8 Å². The fourth-order valence-electron chi connectivity index (χ4n) is 2.51. The highest BCUT2D eigenvalue weighted by Gasteiger charge is 2.14. The van der Waals surface area contributed by atoms with Crippen LogP contribution in [-0.2, 0) is 9.59 Å². The number of aromatic amines is 1. The van der Waals surface area contributed by atoms with Gasteiger partial charge in [0.1, 0.15) is 12.3 Å². The number of fused-ring (bicyclic) bond motifs is 1. The molecular weight excluding hydrogens is 508 g/mol. The SMILES string of the molecule is Cc1cccc(OCC(=O)NCC(=O)N=Nc2c(O)[nH]c3c(Br)cc(Br)cc23)c1. The molecule has 0 aliphatic heterocycles. The molecular formula is C19H16Br2N4O4. The van der Waals surface area contributed by atoms with Crippen LogP contribution in [0.1, 0.15) is 5.56 Å². The zero-order valence-electron chi connectivity index (χ0n) is 15.2. The number of rotatable bonds is 6. The molecule has 0 spiro atoms. The van der Waals surface area contributed by atoms with Crippen molar-refractivity contribution in [1.29, 1.82) is 0 Å². The molecule has 2 aromatic carbocycles. The number of H-pyrrole nitrogens is 1. The summed E-state index contributed by atoms with van der Waals surface area (Å²) in [5, 5.41) is 20.4. The van der Waals surface area contributed by atoms with Gasteiger partial charge < -0.3 is 20.1 Å². The summed E-state index contributed by atoms with van der Waals surface area (Å²) < 4.78 is 6.84. The first-order valence-electron chi connectivity index (χ1n) is 8.44. The van der Waals surface area contributed by atoms with E-state index in [0.29, 0.717) is 21.1 Å². The standard InChI is InChI=1S/C19H16Br2N4O4/c1-10-3-2-4-12(5-10)29-9-16(27)22-8-15(26)24-25-18-13-6-11(20)7-14(21)17(13)23-19(18)28/h2-7,23,28H,8-9H2,1H3,(H,22,27). The third kappa shape index (κ3) is 5.42. The lowest BCUT2D eigenvalue weighted by molar-refractivity contribution is -0.126. The number of benzene rings is 2. The monoisotopic (exact) mass is 522 g/mol. The van der Waals surface area contributed by atoms with E-state index >= 15 is 0 Å². The van der Waals surface area contributed by atoms with E-state index in [2.05, 4.69) is 52.4 Å². The van der Waals surface area contributed by atoms with E-state index in [-0.39, 0.29) is 24.7 Å².